The van der Waals surface area contributed by atoms with Crippen LogP contribution in [0.25, 0.3) is 5.82 Å². The number of aromatic nitrogens is 6. The minimum absolute atomic E-state index is 0.571. The van der Waals surface area contributed by atoms with Gasteiger partial charge in [0.1, 0.15) is 0 Å². The molecule has 7 nitrogen and oxygen atoms in total. The number of anilines is 1. The quantitative estimate of drug-likeness (QED) is 0.588. The average Bonchev–Trinajstić information content (AvgIpc) is 3.35. The molecule has 0 amide bonds. The van der Waals surface area contributed by atoms with Crippen LogP contribution in [0.3, 0.4) is 0 Å². The van der Waals surface area contributed by atoms with Crippen LogP contribution in [-0.4, -0.2) is 29.5 Å². The van der Waals surface area contributed by atoms with Gasteiger partial charge in [0.2, 0.25) is 5.95 Å². The van der Waals surface area contributed by atoms with E-state index in [1.54, 1.807) is 23.3 Å². The Kier molecular flexibility index (Phi) is 4.20. The van der Waals surface area contributed by atoms with Crippen LogP contribution >= 0.6 is 0 Å². The van der Waals surface area contributed by atoms with Crippen molar-refractivity contribution in [2.75, 3.05) is 5.32 Å². The zero-order valence-corrected chi connectivity index (χ0v) is 13.5. The molecule has 25 heavy (non-hydrogen) atoms. The molecular formula is C18H17N7. The largest absolute Gasteiger partial charge is 0.350 e. The standard InChI is InChI=1S/C18H17N7/c1-2-6-16(14-24-11-3-8-21-24)15(5-1)13-20-18-19-10-7-17(23-18)25-12-4-9-22-25/h1-12H,13-14H2,(H,19,20,23). The molecule has 0 saturated carbocycles. The molecule has 1 N–H and O–H groups in total. The Morgan fingerprint density at radius 3 is 2.48 bits per heavy atom. The molecule has 0 fully saturated rings. The topological polar surface area (TPSA) is 73.5 Å². The zero-order valence-electron chi connectivity index (χ0n) is 13.5. The van der Waals surface area contributed by atoms with Crippen LogP contribution in [0.4, 0.5) is 5.95 Å². The molecule has 0 spiro atoms. The molecule has 124 valence electrons. The summed E-state index contributed by atoms with van der Waals surface area (Å²) in [5.41, 5.74) is 2.40. The van der Waals surface area contributed by atoms with Crippen LogP contribution in [0.1, 0.15) is 11.1 Å². The lowest BCUT2D eigenvalue weighted by Crippen LogP contribution is -2.09. The lowest BCUT2D eigenvalue weighted by Gasteiger charge is -2.11. The lowest BCUT2D eigenvalue weighted by molar-refractivity contribution is 0.682. The summed E-state index contributed by atoms with van der Waals surface area (Å²) in [6.07, 6.45) is 9.05. The van der Waals surface area contributed by atoms with Crippen LogP contribution in [0.5, 0.6) is 0 Å². The first-order valence-corrected chi connectivity index (χ1v) is 8.00. The molecule has 0 aliphatic rings. The normalized spacial score (nSPS) is 10.7. The van der Waals surface area contributed by atoms with Gasteiger partial charge in [-0.15, -0.1) is 0 Å². The van der Waals surface area contributed by atoms with Crippen molar-refractivity contribution in [3.8, 4) is 5.82 Å². The number of rotatable bonds is 6. The van der Waals surface area contributed by atoms with Crippen molar-refractivity contribution in [2.24, 2.45) is 0 Å². The van der Waals surface area contributed by atoms with Crippen molar-refractivity contribution in [3.63, 3.8) is 0 Å². The van der Waals surface area contributed by atoms with Crippen molar-refractivity contribution in [3.05, 3.63) is 84.6 Å². The molecule has 3 heterocycles. The fraction of sp³-hybridized carbons (Fsp3) is 0.111. The summed E-state index contributed by atoms with van der Waals surface area (Å²) in [4.78, 5) is 8.79. The number of benzene rings is 1. The molecule has 0 aliphatic heterocycles. The van der Waals surface area contributed by atoms with Gasteiger partial charge in [-0.2, -0.15) is 15.2 Å². The summed E-state index contributed by atoms with van der Waals surface area (Å²) in [6.45, 7) is 1.37. The van der Waals surface area contributed by atoms with Crippen LogP contribution in [-0.2, 0) is 13.1 Å². The van der Waals surface area contributed by atoms with Gasteiger partial charge in [-0.3, -0.25) is 4.68 Å². The van der Waals surface area contributed by atoms with Crippen LogP contribution in [0, 0.1) is 0 Å². The molecule has 1 aromatic carbocycles. The Hall–Kier alpha value is -3.48. The van der Waals surface area contributed by atoms with Gasteiger partial charge in [-0.1, -0.05) is 24.3 Å². The molecule has 4 aromatic rings. The number of hydrogen-bond donors (Lipinski definition) is 1. The monoisotopic (exact) mass is 331 g/mol. The van der Waals surface area contributed by atoms with E-state index in [1.165, 1.54) is 11.1 Å². The Morgan fingerprint density at radius 2 is 1.68 bits per heavy atom. The molecule has 0 saturated heterocycles. The maximum atomic E-state index is 4.50. The number of nitrogens with zero attached hydrogens (tertiary/aromatic N) is 6. The Morgan fingerprint density at radius 1 is 0.840 bits per heavy atom. The molecular weight excluding hydrogens is 314 g/mol. The first kappa shape index (κ1) is 15.1. The van der Waals surface area contributed by atoms with Gasteiger partial charge < -0.3 is 5.32 Å². The Bertz CT molecular complexity index is 930. The third kappa shape index (κ3) is 3.55. The zero-order chi connectivity index (χ0) is 16.9. The SMILES string of the molecule is c1ccc(Cn2cccn2)c(CNc2nccc(-n3cccn3)n2)c1. The Labute approximate surface area is 145 Å². The second kappa shape index (κ2) is 6.96. The average molecular weight is 331 g/mol. The van der Waals surface area contributed by atoms with E-state index in [0.29, 0.717) is 12.5 Å². The third-order valence-electron chi connectivity index (χ3n) is 3.83. The molecule has 0 aliphatic carbocycles. The molecule has 0 radical (unpaired) electrons. The minimum Gasteiger partial charge on any atom is -0.350 e. The van der Waals surface area contributed by atoms with Gasteiger partial charge in [-0.05, 0) is 23.3 Å². The maximum Gasteiger partial charge on any atom is 0.224 e. The first-order chi connectivity index (χ1) is 12.4. The van der Waals surface area contributed by atoms with E-state index in [4.69, 9.17) is 0 Å². The highest BCUT2D eigenvalue weighted by molar-refractivity contribution is 5.35. The highest BCUT2D eigenvalue weighted by Crippen LogP contribution is 2.13. The van der Waals surface area contributed by atoms with Gasteiger partial charge in [0.05, 0.1) is 6.54 Å². The molecule has 0 bridgehead atoms. The van der Waals surface area contributed by atoms with Gasteiger partial charge >= 0.3 is 0 Å². The first-order valence-electron chi connectivity index (χ1n) is 8.00. The van der Waals surface area contributed by atoms with Crippen molar-refractivity contribution in [2.45, 2.75) is 13.1 Å². The Balaban J connectivity index is 1.49. The van der Waals surface area contributed by atoms with Gasteiger partial charge in [-0.25, -0.2) is 9.67 Å². The predicted octanol–water partition coefficient (Wildman–Crippen LogP) is 2.52. The van der Waals surface area contributed by atoms with Crippen molar-refractivity contribution >= 4 is 5.95 Å². The van der Waals surface area contributed by atoms with Gasteiger partial charge in [0, 0.05) is 43.6 Å². The second-order valence-corrected chi connectivity index (χ2v) is 5.51. The van der Waals surface area contributed by atoms with Crippen molar-refractivity contribution in [1.82, 2.24) is 29.5 Å². The molecule has 3 aromatic heterocycles. The summed E-state index contributed by atoms with van der Waals surface area (Å²) in [7, 11) is 0. The summed E-state index contributed by atoms with van der Waals surface area (Å²) < 4.78 is 3.62. The highest BCUT2D eigenvalue weighted by atomic mass is 15.3. The second-order valence-electron chi connectivity index (χ2n) is 5.51. The van der Waals surface area contributed by atoms with Crippen molar-refractivity contribution in [1.29, 1.82) is 0 Å². The highest BCUT2D eigenvalue weighted by Gasteiger charge is 2.05. The maximum absolute atomic E-state index is 4.50. The fourth-order valence-electron chi connectivity index (χ4n) is 2.59. The van der Waals surface area contributed by atoms with Crippen LogP contribution < -0.4 is 5.32 Å². The van der Waals surface area contributed by atoms with E-state index in [9.17, 15) is 0 Å². The van der Waals surface area contributed by atoms with E-state index in [1.807, 2.05) is 47.4 Å². The van der Waals surface area contributed by atoms with E-state index in [2.05, 4.69) is 37.6 Å². The predicted molar refractivity (Wildman–Crippen MR) is 94.3 cm³/mol. The van der Waals surface area contributed by atoms with Crippen LogP contribution in [0.15, 0.2) is 73.4 Å². The summed E-state index contributed by atoms with van der Waals surface area (Å²) in [5.74, 6) is 1.30. The van der Waals surface area contributed by atoms with E-state index in [-0.39, 0.29) is 0 Å². The number of nitrogens with one attached hydrogen (secondary N) is 1. The van der Waals surface area contributed by atoms with Crippen molar-refractivity contribution < 1.29 is 0 Å². The molecule has 7 heteroatoms. The number of hydrogen-bond acceptors (Lipinski definition) is 5. The van der Waals surface area contributed by atoms with E-state index >= 15 is 0 Å². The lowest BCUT2D eigenvalue weighted by atomic mass is 10.1. The smallest absolute Gasteiger partial charge is 0.224 e. The van der Waals surface area contributed by atoms with E-state index < -0.39 is 0 Å². The van der Waals surface area contributed by atoms with Gasteiger partial charge in [0.15, 0.2) is 5.82 Å². The van der Waals surface area contributed by atoms with E-state index in [0.717, 1.165) is 12.4 Å². The molecule has 0 unspecified atom stereocenters. The molecule has 0 atom stereocenters. The summed E-state index contributed by atoms with van der Waals surface area (Å²) in [6, 6.07) is 13.9. The van der Waals surface area contributed by atoms with Gasteiger partial charge in [0.25, 0.3) is 0 Å². The summed E-state index contributed by atoms with van der Waals surface area (Å²) in [5, 5.41) is 11.8. The fourth-order valence-corrected chi connectivity index (χ4v) is 2.59. The third-order valence-corrected chi connectivity index (χ3v) is 3.83. The minimum atomic E-state index is 0.571. The molecule has 4 rings (SSSR count). The summed E-state index contributed by atoms with van der Waals surface area (Å²) >= 11 is 0. The van der Waals surface area contributed by atoms with Crippen LogP contribution in [0.2, 0.25) is 0 Å².